The average Bonchev–Trinajstić information content (AvgIpc) is 3.20. The Kier molecular flexibility index (Phi) is 7.65. The van der Waals surface area contributed by atoms with E-state index in [9.17, 15) is 0 Å². The molecule has 4 rings (SSSR count). The Hall–Kier alpha value is -0.720. The zero-order valence-electron chi connectivity index (χ0n) is 13.3. The van der Waals surface area contributed by atoms with Crippen LogP contribution in [0.5, 0.6) is 0 Å². The van der Waals surface area contributed by atoms with E-state index in [4.69, 9.17) is 17.3 Å². The molecule has 0 spiro atoms. The standard InChI is InChI=1S/C9H7BrClN.C9H9BrN2.ClH/c2*10-9-5-12-4-7-1-6(3-11)2-8(7)9;/h2,4-5H,1,3H2;2,4-5H,1,3,11H2;1H. The Morgan fingerprint density at radius 1 is 0.880 bits per heavy atom. The van der Waals surface area contributed by atoms with Crippen LogP contribution in [0.3, 0.4) is 0 Å². The van der Waals surface area contributed by atoms with Crippen LogP contribution in [0.1, 0.15) is 22.3 Å². The number of allylic oxidation sites excluding steroid dienone is 1. The van der Waals surface area contributed by atoms with E-state index in [-0.39, 0.29) is 12.4 Å². The second-order valence-corrected chi connectivity index (χ2v) is 7.66. The molecule has 2 N–H and O–H groups in total. The van der Waals surface area contributed by atoms with Gasteiger partial charge in [0.15, 0.2) is 0 Å². The minimum atomic E-state index is 0. The summed E-state index contributed by atoms with van der Waals surface area (Å²) in [6.07, 6.45) is 13.6. The van der Waals surface area contributed by atoms with Crippen molar-refractivity contribution in [3.8, 4) is 0 Å². The lowest BCUT2D eigenvalue weighted by molar-refractivity contribution is 1.06. The maximum absolute atomic E-state index is 5.75. The SMILES string of the molecule is Cl.ClCC1=Cc2c(Br)cncc2C1.NCC1=Cc2c(Br)cncc2C1. The molecule has 2 heterocycles. The van der Waals surface area contributed by atoms with Crippen LogP contribution in [-0.4, -0.2) is 22.4 Å². The summed E-state index contributed by atoms with van der Waals surface area (Å²) in [7, 11) is 0. The highest BCUT2D eigenvalue weighted by Gasteiger charge is 2.14. The molecule has 0 saturated heterocycles. The molecule has 3 nitrogen and oxygen atoms in total. The highest BCUT2D eigenvalue weighted by molar-refractivity contribution is 9.10. The van der Waals surface area contributed by atoms with Gasteiger partial charge in [-0.3, -0.25) is 9.97 Å². The van der Waals surface area contributed by atoms with E-state index in [2.05, 4.69) is 54.0 Å². The Morgan fingerprint density at radius 3 is 1.80 bits per heavy atom. The second kappa shape index (κ2) is 9.28. The summed E-state index contributed by atoms with van der Waals surface area (Å²) in [5, 5.41) is 0. The summed E-state index contributed by atoms with van der Waals surface area (Å²) < 4.78 is 2.11. The number of pyridine rings is 2. The van der Waals surface area contributed by atoms with Gasteiger partial charge in [0, 0.05) is 46.2 Å². The number of nitrogens with two attached hydrogens (primary N) is 1. The van der Waals surface area contributed by atoms with Crippen LogP contribution < -0.4 is 5.73 Å². The molecule has 0 saturated carbocycles. The third kappa shape index (κ3) is 4.72. The maximum atomic E-state index is 5.75. The van der Waals surface area contributed by atoms with Crippen molar-refractivity contribution in [3.05, 3.63) is 67.1 Å². The van der Waals surface area contributed by atoms with Crippen LogP contribution in [0.15, 0.2) is 44.9 Å². The van der Waals surface area contributed by atoms with E-state index >= 15 is 0 Å². The lowest BCUT2D eigenvalue weighted by Crippen LogP contribution is -2.02. The van der Waals surface area contributed by atoms with Crippen LogP contribution in [0.2, 0.25) is 0 Å². The van der Waals surface area contributed by atoms with Crippen molar-refractivity contribution < 1.29 is 0 Å². The smallest absolute Gasteiger partial charge is 0.0440 e. The normalized spacial score (nSPS) is 13.8. The first-order valence-electron chi connectivity index (χ1n) is 7.52. The zero-order valence-corrected chi connectivity index (χ0v) is 18.1. The van der Waals surface area contributed by atoms with Crippen molar-refractivity contribution in [2.75, 3.05) is 12.4 Å². The monoisotopic (exact) mass is 503 g/mol. The van der Waals surface area contributed by atoms with E-state index in [0.717, 1.165) is 21.8 Å². The van der Waals surface area contributed by atoms with Gasteiger partial charge in [-0.25, -0.2) is 0 Å². The number of fused-ring (bicyclic) bond motifs is 2. The molecule has 0 radical (unpaired) electrons. The van der Waals surface area contributed by atoms with Gasteiger partial charge in [0.25, 0.3) is 0 Å². The summed E-state index contributed by atoms with van der Waals surface area (Å²) in [4.78, 5) is 8.20. The highest BCUT2D eigenvalue weighted by atomic mass is 79.9. The molecule has 7 heteroatoms. The molecule has 2 aliphatic carbocycles. The average molecular weight is 506 g/mol. The Labute approximate surface area is 175 Å². The van der Waals surface area contributed by atoms with Gasteiger partial charge in [-0.1, -0.05) is 23.3 Å². The minimum absolute atomic E-state index is 0. The molecule has 0 fully saturated rings. The molecule has 25 heavy (non-hydrogen) atoms. The molecular formula is C18H17Br2Cl2N3. The number of hydrogen-bond donors (Lipinski definition) is 1. The number of nitrogens with zero attached hydrogens (tertiary/aromatic N) is 2. The zero-order chi connectivity index (χ0) is 17.1. The lowest BCUT2D eigenvalue weighted by atomic mass is 10.2. The van der Waals surface area contributed by atoms with Gasteiger partial charge in [-0.05, 0) is 67.0 Å². The number of aromatic nitrogens is 2. The van der Waals surface area contributed by atoms with Crippen molar-refractivity contribution in [2.24, 2.45) is 5.73 Å². The first-order chi connectivity index (χ1) is 11.6. The number of alkyl halides is 1. The van der Waals surface area contributed by atoms with Gasteiger partial charge in [0.1, 0.15) is 0 Å². The number of halogens is 4. The fourth-order valence-corrected chi connectivity index (χ4v) is 3.94. The molecule has 132 valence electrons. The Balaban J connectivity index is 0.000000173. The Bertz CT molecular complexity index is 766. The summed E-state index contributed by atoms with van der Waals surface area (Å²) in [6, 6.07) is 0. The fourth-order valence-electron chi connectivity index (χ4n) is 2.79. The molecule has 0 bridgehead atoms. The first-order valence-corrected chi connectivity index (χ1v) is 9.64. The third-order valence-corrected chi connectivity index (χ3v) is 5.62. The summed E-state index contributed by atoms with van der Waals surface area (Å²) in [5.74, 6) is 0.612. The molecule has 0 aliphatic heterocycles. The molecular weight excluding hydrogens is 489 g/mol. The first kappa shape index (κ1) is 20.6. The van der Waals surface area contributed by atoms with Gasteiger partial charge in [-0.2, -0.15) is 0 Å². The van der Waals surface area contributed by atoms with E-state index in [0.29, 0.717) is 12.4 Å². The summed E-state index contributed by atoms with van der Waals surface area (Å²) in [6.45, 7) is 0.640. The van der Waals surface area contributed by atoms with Crippen molar-refractivity contribution in [3.63, 3.8) is 0 Å². The quantitative estimate of drug-likeness (QED) is 0.572. The lowest BCUT2D eigenvalue weighted by Gasteiger charge is -1.98. The van der Waals surface area contributed by atoms with Gasteiger partial charge in [0.2, 0.25) is 0 Å². The molecule has 2 aromatic rings. The third-order valence-electron chi connectivity index (χ3n) is 4.01. The van der Waals surface area contributed by atoms with Gasteiger partial charge < -0.3 is 5.73 Å². The molecule has 2 aliphatic rings. The van der Waals surface area contributed by atoms with E-state index in [1.165, 1.54) is 33.4 Å². The van der Waals surface area contributed by atoms with Crippen LogP contribution in [0, 0.1) is 0 Å². The molecule has 0 aromatic carbocycles. The van der Waals surface area contributed by atoms with Crippen molar-refractivity contribution in [1.82, 2.24) is 9.97 Å². The number of rotatable bonds is 2. The van der Waals surface area contributed by atoms with Gasteiger partial charge >= 0.3 is 0 Å². The predicted molar refractivity (Wildman–Crippen MR) is 114 cm³/mol. The topological polar surface area (TPSA) is 51.8 Å². The Morgan fingerprint density at radius 2 is 1.36 bits per heavy atom. The van der Waals surface area contributed by atoms with Gasteiger partial charge in [-0.15, -0.1) is 24.0 Å². The maximum Gasteiger partial charge on any atom is 0.0440 e. The molecule has 2 aromatic heterocycles. The van der Waals surface area contributed by atoms with Crippen molar-refractivity contribution in [1.29, 1.82) is 0 Å². The van der Waals surface area contributed by atoms with Crippen LogP contribution in [0.4, 0.5) is 0 Å². The predicted octanol–water partition coefficient (Wildman–Crippen LogP) is 5.19. The van der Waals surface area contributed by atoms with Crippen LogP contribution >= 0.6 is 55.9 Å². The van der Waals surface area contributed by atoms with Crippen LogP contribution in [0.25, 0.3) is 12.2 Å². The van der Waals surface area contributed by atoms with Crippen LogP contribution in [-0.2, 0) is 12.8 Å². The number of hydrogen-bond acceptors (Lipinski definition) is 3. The largest absolute Gasteiger partial charge is 0.327 e. The van der Waals surface area contributed by atoms with Crippen molar-refractivity contribution in [2.45, 2.75) is 12.8 Å². The fraction of sp³-hybridized carbons (Fsp3) is 0.222. The van der Waals surface area contributed by atoms with E-state index in [1.54, 1.807) is 0 Å². The second-order valence-electron chi connectivity index (χ2n) is 5.68. The minimum Gasteiger partial charge on any atom is -0.327 e. The van der Waals surface area contributed by atoms with Gasteiger partial charge in [0.05, 0.1) is 0 Å². The molecule has 0 unspecified atom stereocenters. The summed E-state index contributed by atoms with van der Waals surface area (Å²) >= 11 is 12.7. The van der Waals surface area contributed by atoms with E-state index < -0.39 is 0 Å². The summed E-state index contributed by atoms with van der Waals surface area (Å²) in [5.41, 5.74) is 13.1. The molecule has 0 atom stereocenters. The highest BCUT2D eigenvalue weighted by Crippen LogP contribution is 2.30. The van der Waals surface area contributed by atoms with E-state index in [1.807, 2.05) is 24.8 Å². The van der Waals surface area contributed by atoms with Crippen molar-refractivity contribution >= 4 is 68.0 Å². The molecule has 0 amide bonds.